The van der Waals surface area contributed by atoms with E-state index in [1.54, 1.807) is 30.3 Å². The molecule has 0 amide bonds. The molecule has 150 valence electrons. The van der Waals surface area contributed by atoms with E-state index in [1.165, 1.54) is 0 Å². The number of esters is 1. The highest BCUT2D eigenvalue weighted by molar-refractivity contribution is 5.92. The van der Waals surface area contributed by atoms with Gasteiger partial charge in [0, 0.05) is 11.1 Å². The molecule has 2 aromatic carbocycles. The van der Waals surface area contributed by atoms with Gasteiger partial charge in [-0.05, 0) is 36.6 Å². The Morgan fingerprint density at radius 1 is 1.10 bits per heavy atom. The molecule has 9 nitrogen and oxygen atoms in total. The minimum Gasteiger partial charge on any atom is -0.453 e. The van der Waals surface area contributed by atoms with Gasteiger partial charge in [-0.1, -0.05) is 35.9 Å². The number of anilines is 3. The summed E-state index contributed by atoms with van der Waals surface area (Å²) in [5, 5.41) is 4.16. The van der Waals surface area contributed by atoms with Gasteiger partial charge in [0.1, 0.15) is 5.69 Å². The molecule has 9 heteroatoms. The van der Waals surface area contributed by atoms with Crippen LogP contribution in [0.5, 0.6) is 0 Å². The zero-order valence-corrected chi connectivity index (χ0v) is 16.0. The molecular formula is C21H18N6O3. The maximum Gasteiger partial charge on any atom is 0.355 e. The predicted molar refractivity (Wildman–Crippen MR) is 112 cm³/mol. The number of rotatable bonds is 5. The zero-order valence-electron chi connectivity index (χ0n) is 16.0. The molecule has 0 radical (unpaired) electrons. The second kappa shape index (κ2) is 8.00. The Morgan fingerprint density at radius 3 is 2.67 bits per heavy atom. The number of hydrogen-bond donors (Lipinski definition) is 3. The third kappa shape index (κ3) is 4.25. The number of pyridine rings is 1. The minimum absolute atomic E-state index is 0.00947. The van der Waals surface area contributed by atoms with Crippen LogP contribution in [0.25, 0.3) is 10.8 Å². The Labute approximate surface area is 171 Å². The fourth-order valence-electron chi connectivity index (χ4n) is 2.85. The van der Waals surface area contributed by atoms with E-state index in [0.29, 0.717) is 10.8 Å². The van der Waals surface area contributed by atoms with Crippen LogP contribution in [-0.2, 0) is 11.3 Å². The molecule has 0 spiro atoms. The number of aromatic nitrogens is 4. The molecule has 4 rings (SSSR count). The lowest BCUT2D eigenvalue weighted by molar-refractivity contribution is 0.0455. The van der Waals surface area contributed by atoms with Crippen molar-refractivity contribution in [1.29, 1.82) is 0 Å². The zero-order chi connectivity index (χ0) is 21.1. The average molecular weight is 402 g/mol. The van der Waals surface area contributed by atoms with Gasteiger partial charge in [0.2, 0.25) is 11.9 Å². The quantitative estimate of drug-likeness (QED) is 0.434. The summed E-state index contributed by atoms with van der Waals surface area (Å²) < 4.78 is 5.25. The van der Waals surface area contributed by atoms with E-state index < -0.39 is 5.97 Å². The van der Waals surface area contributed by atoms with E-state index >= 15 is 0 Å². The van der Waals surface area contributed by atoms with Crippen molar-refractivity contribution in [1.82, 2.24) is 19.9 Å². The van der Waals surface area contributed by atoms with Crippen molar-refractivity contribution >= 4 is 34.3 Å². The first-order valence-corrected chi connectivity index (χ1v) is 9.11. The van der Waals surface area contributed by atoms with Crippen molar-refractivity contribution in [2.75, 3.05) is 11.1 Å². The number of hydrogen-bond acceptors (Lipinski definition) is 8. The van der Waals surface area contributed by atoms with Crippen molar-refractivity contribution in [3.63, 3.8) is 0 Å². The number of aromatic amines is 1. The van der Waals surface area contributed by atoms with Gasteiger partial charge in [0.25, 0.3) is 5.56 Å². The predicted octanol–water partition coefficient (Wildman–Crippen LogP) is 2.70. The highest BCUT2D eigenvalue weighted by Crippen LogP contribution is 2.15. The number of carbonyl (C=O) groups excluding carboxylic acids is 1. The Kier molecular flexibility index (Phi) is 5.08. The van der Waals surface area contributed by atoms with Crippen LogP contribution in [0.15, 0.2) is 59.4 Å². The average Bonchev–Trinajstić information content (AvgIpc) is 2.73. The molecule has 4 aromatic rings. The van der Waals surface area contributed by atoms with E-state index in [4.69, 9.17) is 10.5 Å². The number of fused-ring (bicyclic) bond motifs is 1. The topological polar surface area (TPSA) is 136 Å². The van der Waals surface area contributed by atoms with Crippen LogP contribution in [0.4, 0.5) is 17.6 Å². The molecule has 2 heterocycles. The number of nitrogens with two attached hydrogens (primary N) is 1. The third-order valence-corrected chi connectivity index (χ3v) is 4.31. The normalized spacial score (nSPS) is 10.7. The molecule has 0 atom stereocenters. The van der Waals surface area contributed by atoms with Crippen LogP contribution >= 0.6 is 0 Å². The largest absolute Gasteiger partial charge is 0.453 e. The van der Waals surface area contributed by atoms with Crippen molar-refractivity contribution in [3.8, 4) is 0 Å². The highest BCUT2D eigenvalue weighted by Gasteiger charge is 2.13. The lowest BCUT2D eigenvalue weighted by atomic mass is 10.1. The highest BCUT2D eigenvalue weighted by atomic mass is 16.5. The summed E-state index contributed by atoms with van der Waals surface area (Å²) in [5.41, 5.74) is 7.32. The first kappa shape index (κ1) is 19.1. The molecule has 0 saturated carbocycles. The molecule has 0 unspecified atom stereocenters. The third-order valence-electron chi connectivity index (χ3n) is 4.31. The van der Waals surface area contributed by atoms with Gasteiger partial charge in [-0.2, -0.15) is 15.0 Å². The summed E-state index contributed by atoms with van der Waals surface area (Å²) in [4.78, 5) is 39.3. The molecule has 0 fully saturated rings. The lowest BCUT2D eigenvalue weighted by Gasteiger charge is -2.08. The van der Waals surface area contributed by atoms with Crippen LogP contribution in [-0.4, -0.2) is 25.9 Å². The second-order valence-electron chi connectivity index (χ2n) is 6.60. The summed E-state index contributed by atoms with van der Waals surface area (Å²) in [6.07, 6.45) is 0. The van der Waals surface area contributed by atoms with Crippen LogP contribution in [0.2, 0.25) is 0 Å². The van der Waals surface area contributed by atoms with E-state index in [0.717, 1.165) is 11.3 Å². The fourth-order valence-corrected chi connectivity index (χ4v) is 2.85. The molecule has 0 aliphatic carbocycles. The van der Waals surface area contributed by atoms with Gasteiger partial charge in [0.15, 0.2) is 12.4 Å². The van der Waals surface area contributed by atoms with E-state index in [-0.39, 0.29) is 35.6 Å². The Bertz CT molecular complexity index is 1280. The molecule has 2 aromatic heterocycles. The summed E-state index contributed by atoms with van der Waals surface area (Å²) in [6, 6.07) is 16.2. The van der Waals surface area contributed by atoms with Gasteiger partial charge in [-0.3, -0.25) is 4.79 Å². The maximum absolute atomic E-state index is 12.4. The lowest BCUT2D eigenvalue weighted by Crippen LogP contribution is -2.16. The summed E-state index contributed by atoms with van der Waals surface area (Å²) in [5.74, 6) is -0.306. The van der Waals surface area contributed by atoms with E-state index in [1.807, 2.05) is 31.2 Å². The number of nitrogens with one attached hydrogen (secondary N) is 2. The Morgan fingerprint density at radius 2 is 1.87 bits per heavy atom. The molecule has 0 saturated heterocycles. The van der Waals surface area contributed by atoms with Crippen LogP contribution in [0.3, 0.4) is 0 Å². The molecular weight excluding hydrogens is 384 g/mol. The number of ether oxygens (including phenoxy) is 1. The molecule has 0 bridgehead atoms. The Hall–Kier alpha value is -4.27. The number of aryl methyl sites for hydroxylation is 1. The molecule has 0 aliphatic heterocycles. The number of benzene rings is 2. The van der Waals surface area contributed by atoms with Gasteiger partial charge >= 0.3 is 5.97 Å². The van der Waals surface area contributed by atoms with E-state index in [9.17, 15) is 9.59 Å². The summed E-state index contributed by atoms with van der Waals surface area (Å²) in [6.45, 7) is 1.75. The smallest absolute Gasteiger partial charge is 0.355 e. The van der Waals surface area contributed by atoms with Gasteiger partial charge in [0.05, 0.1) is 0 Å². The first-order valence-electron chi connectivity index (χ1n) is 9.11. The van der Waals surface area contributed by atoms with Crippen molar-refractivity contribution in [2.24, 2.45) is 0 Å². The summed E-state index contributed by atoms with van der Waals surface area (Å²) in [7, 11) is 0. The van der Waals surface area contributed by atoms with Gasteiger partial charge in [-0.25, -0.2) is 4.79 Å². The number of nitrogen functional groups attached to an aromatic ring is 1. The number of nitrogens with zero attached hydrogens (tertiary/aromatic N) is 3. The summed E-state index contributed by atoms with van der Waals surface area (Å²) >= 11 is 0. The van der Waals surface area contributed by atoms with Crippen LogP contribution in [0.1, 0.15) is 21.9 Å². The Balaban J connectivity index is 1.49. The fraction of sp³-hybridized carbons (Fsp3) is 0.0952. The number of H-pyrrole nitrogens is 1. The number of carbonyl (C=O) groups is 1. The maximum atomic E-state index is 12.4. The SMILES string of the molecule is Cc1ccc(Nc2nc(N)nc(COC(=O)c3cc4ccccc4c(=O)[nH]3)n2)cc1. The molecule has 0 aliphatic rings. The monoisotopic (exact) mass is 402 g/mol. The molecule has 4 N–H and O–H groups in total. The second-order valence-corrected chi connectivity index (χ2v) is 6.60. The van der Waals surface area contributed by atoms with E-state index in [2.05, 4.69) is 25.3 Å². The van der Waals surface area contributed by atoms with Crippen molar-refractivity contribution in [3.05, 3.63) is 82.0 Å². The first-order chi connectivity index (χ1) is 14.5. The molecule has 30 heavy (non-hydrogen) atoms. The van der Waals surface area contributed by atoms with Gasteiger partial charge < -0.3 is 20.8 Å². The van der Waals surface area contributed by atoms with Gasteiger partial charge in [-0.15, -0.1) is 0 Å². The van der Waals surface area contributed by atoms with Crippen molar-refractivity contribution in [2.45, 2.75) is 13.5 Å². The van der Waals surface area contributed by atoms with Crippen molar-refractivity contribution < 1.29 is 9.53 Å². The van der Waals surface area contributed by atoms with Crippen LogP contribution in [0, 0.1) is 6.92 Å². The van der Waals surface area contributed by atoms with Crippen LogP contribution < -0.4 is 16.6 Å². The standard InChI is InChI=1S/C21H18N6O3/c1-12-6-8-14(9-7-12)23-21-26-17(25-20(22)27-21)11-30-19(29)16-10-13-4-2-3-5-15(13)18(28)24-16/h2-10H,11H2,1H3,(H,24,28)(H3,22,23,25,26,27). The minimum atomic E-state index is -0.704.